The van der Waals surface area contributed by atoms with Crippen molar-refractivity contribution in [2.75, 3.05) is 0 Å². The normalized spacial score (nSPS) is 30.5. The van der Waals surface area contributed by atoms with Crippen LogP contribution in [0.1, 0.15) is 29.9 Å². The van der Waals surface area contributed by atoms with E-state index in [-0.39, 0.29) is 23.5 Å². The van der Waals surface area contributed by atoms with Crippen LogP contribution in [0.25, 0.3) is 0 Å². The number of hydrogen-bond donors (Lipinski definition) is 1. The van der Waals surface area contributed by atoms with Gasteiger partial charge in [0.15, 0.2) is 23.3 Å². The van der Waals surface area contributed by atoms with E-state index in [2.05, 4.69) is 0 Å². The lowest BCUT2D eigenvalue weighted by atomic mass is 9.82. The van der Waals surface area contributed by atoms with Gasteiger partial charge in [0.2, 0.25) is 0 Å². The molecule has 0 saturated heterocycles. The van der Waals surface area contributed by atoms with Gasteiger partial charge in [0, 0.05) is 5.56 Å². The minimum Gasteiger partial charge on any atom is -0.393 e. The van der Waals surface area contributed by atoms with E-state index in [1.807, 2.05) is 0 Å². The van der Waals surface area contributed by atoms with Crippen molar-refractivity contribution < 1.29 is 22.7 Å². The molecule has 0 aliphatic heterocycles. The second-order valence-corrected chi connectivity index (χ2v) is 4.85. The summed E-state index contributed by atoms with van der Waals surface area (Å²) < 4.78 is 53.5. The number of hydrogen-bond acceptors (Lipinski definition) is 1. The van der Waals surface area contributed by atoms with Crippen molar-refractivity contribution in [3.05, 3.63) is 34.4 Å². The third-order valence-electron chi connectivity index (χ3n) is 3.94. The molecule has 0 spiro atoms. The highest BCUT2D eigenvalue weighted by atomic mass is 19.2. The Morgan fingerprint density at radius 2 is 1.53 bits per heavy atom. The first-order valence-corrected chi connectivity index (χ1v) is 5.53. The molecule has 0 unspecified atom stereocenters. The molecule has 0 amide bonds. The van der Waals surface area contributed by atoms with Crippen LogP contribution in [0.3, 0.4) is 0 Å². The molecule has 1 N–H and O–H groups in total. The van der Waals surface area contributed by atoms with E-state index < -0.39 is 35.3 Å². The van der Waals surface area contributed by atoms with E-state index in [1.165, 1.54) is 0 Å². The fourth-order valence-electron chi connectivity index (χ4n) is 3.14. The molecule has 17 heavy (non-hydrogen) atoms. The van der Waals surface area contributed by atoms with Gasteiger partial charge in [-0.05, 0) is 36.7 Å². The molecule has 2 aliphatic carbocycles. The Morgan fingerprint density at radius 1 is 0.882 bits per heavy atom. The van der Waals surface area contributed by atoms with E-state index >= 15 is 0 Å². The van der Waals surface area contributed by atoms with Crippen molar-refractivity contribution in [3.8, 4) is 0 Å². The van der Waals surface area contributed by atoms with Gasteiger partial charge in [0.1, 0.15) is 0 Å². The van der Waals surface area contributed by atoms with E-state index in [1.54, 1.807) is 0 Å². The Morgan fingerprint density at radius 3 is 2.24 bits per heavy atom. The molecule has 0 heterocycles. The predicted molar refractivity (Wildman–Crippen MR) is 51.4 cm³/mol. The van der Waals surface area contributed by atoms with Crippen LogP contribution in [0.4, 0.5) is 17.6 Å². The summed E-state index contributed by atoms with van der Waals surface area (Å²) in [6.45, 7) is 0. The maximum atomic E-state index is 13.6. The van der Waals surface area contributed by atoms with Crippen LogP contribution < -0.4 is 0 Å². The average molecular weight is 246 g/mol. The molecule has 1 aromatic carbocycles. The molecule has 1 saturated carbocycles. The summed E-state index contributed by atoms with van der Waals surface area (Å²) in [4.78, 5) is 0. The maximum Gasteiger partial charge on any atom is 0.197 e. The fourth-order valence-corrected chi connectivity index (χ4v) is 3.14. The van der Waals surface area contributed by atoms with Crippen molar-refractivity contribution in [1.82, 2.24) is 0 Å². The summed E-state index contributed by atoms with van der Waals surface area (Å²) >= 11 is 0. The molecule has 5 heteroatoms. The maximum absolute atomic E-state index is 13.6. The zero-order chi connectivity index (χ0) is 12.3. The molecule has 2 bridgehead atoms. The second-order valence-electron chi connectivity index (χ2n) is 4.85. The van der Waals surface area contributed by atoms with Gasteiger partial charge in [-0.15, -0.1) is 0 Å². The molecule has 0 aromatic heterocycles. The Hall–Kier alpha value is -1.10. The number of benzene rings is 1. The summed E-state index contributed by atoms with van der Waals surface area (Å²) in [7, 11) is 0. The summed E-state index contributed by atoms with van der Waals surface area (Å²) in [5.41, 5.74) is -0.173. The lowest BCUT2D eigenvalue weighted by molar-refractivity contribution is 0.133. The van der Waals surface area contributed by atoms with Gasteiger partial charge in [0.25, 0.3) is 0 Å². The number of aliphatic hydroxyl groups excluding tert-OH is 1. The Bertz CT molecular complexity index is 498. The quantitative estimate of drug-likeness (QED) is 0.424. The largest absolute Gasteiger partial charge is 0.393 e. The highest BCUT2D eigenvalue weighted by molar-refractivity contribution is 5.39. The summed E-state index contributed by atoms with van der Waals surface area (Å²) in [6.07, 6.45) is 0.235. The van der Waals surface area contributed by atoms with Gasteiger partial charge in [0.05, 0.1) is 6.10 Å². The van der Waals surface area contributed by atoms with E-state index in [0.29, 0.717) is 12.8 Å². The molecule has 2 aliphatic rings. The second kappa shape index (κ2) is 3.45. The van der Waals surface area contributed by atoms with Crippen LogP contribution in [-0.2, 0) is 6.42 Å². The van der Waals surface area contributed by atoms with E-state index in [4.69, 9.17) is 0 Å². The summed E-state index contributed by atoms with van der Waals surface area (Å²) in [6, 6.07) is 0. The van der Waals surface area contributed by atoms with Crippen molar-refractivity contribution in [2.45, 2.75) is 31.3 Å². The van der Waals surface area contributed by atoms with Crippen molar-refractivity contribution in [2.24, 2.45) is 5.92 Å². The zero-order valence-electron chi connectivity index (χ0n) is 8.81. The minimum atomic E-state index is -1.75. The summed E-state index contributed by atoms with van der Waals surface area (Å²) in [5.74, 6) is -6.67. The van der Waals surface area contributed by atoms with Crippen LogP contribution in [0.5, 0.6) is 0 Å². The molecule has 92 valence electrons. The first-order valence-electron chi connectivity index (χ1n) is 5.53. The van der Waals surface area contributed by atoms with Crippen LogP contribution >= 0.6 is 0 Å². The van der Waals surface area contributed by atoms with Gasteiger partial charge >= 0.3 is 0 Å². The molecular formula is C12H10F4O. The molecule has 3 rings (SSSR count). The number of fused-ring (bicyclic) bond motifs is 4. The molecule has 1 aromatic rings. The topological polar surface area (TPSA) is 20.2 Å². The van der Waals surface area contributed by atoms with Crippen LogP contribution in [-0.4, -0.2) is 11.2 Å². The summed E-state index contributed by atoms with van der Waals surface area (Å²) in [5, 5.41) is 9.66. The van der Waals surface area contributed by atoms with Gasteiger partial charge < -0.3 is 5.11 Å². The van der Waals surface area contributed by atoms with Crippen LogP contribution in [0.2, 0.25) is 0 Å². The van der Waals surface area contributed by atoms with Gasteiger partial charge in [-0.1, -0.05) is 0 Å². The smallest absolute Gasteiger partial charge is 0.197 e. The lowest BCUT2D eigenvalue weighted by Gasteiger charge is -2.24. The first-order chi connectivity index (χ1) is 8.00. The van der Waals surface area contributed by atoms with Gasteiger partial charge in [-0.3, -0.25) is 0 Å². The highest BCUT2D eigenvalue weighted by Crippen LogP contribution is 2.48. The Balaban J connectivity index is 2.25. The lowest BCUT2D eigenvalue weighted by Crippen LogP contribution is -2.20. The highest BCUT2D eigenvalue weighted by Gasteiger charge is 2.43. The van der Waals surface area contributed by atoms with Gasteiger partial charge in [-0.25, -0.2) is 17.6 Å². The average Bonchev–Trinajstić information content (AvgIpc) is 2.59. The monoisotopic (exact) mass is 246 g/mol. The SMILES string of the molecule is O[C@H]1C[C@H]2C[C@@H]1Cc1c(F)c(F)c(F)c(F)c12. The van der Waals surface area contributed by atoms with E-state index in [0.717, 1.165) is 0 Å². The third-order valence-corrected chi connectivity index (χ3v) is 3.94. The van der Waals surface area contributed by atoms with Crippen LogP contribution in [0, 0.1) is 29.2 Å². The van der Waals surface area contributed by atoms with Gasteiger partial charge in [-0.2, -0.15) is 0 Å². The van der Waals surface area contributed by atoms with Crippen molar-refractivity contribution in [3.63, 3.8) is 0 Å². The van der Waals surface area contributed by atoms with E-state index in [9.17, 15) is 22.7 Å². The first kappa shape index (κ1) is 11.0. The van der Waals surface area contributed by atoms with Crippen LogP contribution in [0.15, 0.2) is 0 Å². The molecule has 1 nitrogen and oxygen atoms in total. The Kier molecular flexibility index (Phi) is 2.23. The molecule has 0 radical (unpaired) electrons. The predicted octanol–water partition coefficient (Wildman–Crippen LogP) is 2.65. The number of halogens is 4. The third kappa shape index (κ3) is 1.35. The standard InChI is InChI=1S/C12H10F4O/c13-9-6-2-4-1-5(3-7(4)17)8(6)10(14)12(16)11(9)15/h4-5,7,17H,1-3H2/t4-,5-,7+/m1/s1. The minimum absolute atomic E-state index is 0.0748. The molecule has 1 fully saturated rings. The zero-order valence-corrected chi connectivity index (χ0v) is 8.81. The number of aliphatic hydroxyl groups is 1. The fraction of sp³-hybridized carbons (Fsp3) is 0.500. The molecule has 3 atom stereocenters. The molecular weight excluding hydrogens is 236 g/mol. The van der Waals surface area contributed by atoms with Crippen molar-refractivity contribution >= 4 is 0 Å². The Labute approximate surface area is 95.1 Å². The van der Waals surface area contributed by atoms with Crippen molar-refractivity contribution in [1.29, 1.82) is 0 Å². The number of rotatable bonds is 0.